The van der Waals surface area contributed by atoms with Crippen molar-refractivity contribution in [2.24, 2.45) is 0 Å². The Morgan fingerprint density at radius 2 is 1.14 bits per heavy atom. The lowest BCUT2D eigenvalue weighted by Gasteiger charge is -2.10. The maximum atomic E-state index is 11.7. The van der Waals surface area contributed by atoms with Crippen LogP contribution < -0.4 is 0 Å². The molecule has 0 N–H and O–H groups in total. The lowest BCUT2D eigenvalue weighted by atomic mass is 10.2. The fourth-order valence-corrected chi connectivity index (χ4v) is 3.61. The first-order chi connectivity index (χ1) is 10.1. The zero-order valence-electron chi connectivity index (χ0n) is 12.1. The van der Waals surface area contributed by atoms with Crippen molar-refractivity contribution >= 4 is 21.6 Å². The molecule has 2 aromatic rings. The van der Waals surface area contributed by atoms with Gasteiger partial charge in [0.15, 0.2) is 0 Å². The predicted molar refractivity (Wildman–Crippen MR) is 86.0 cm³/mol. The third kappa shape index (κ3) is 4.33. The van der Waals surface area contributed by atoms with Crippen LogP contribution in [0.5, 0.6) is 0 Å². The molecule has 0 bridgehead atoms. The van der Waals surface area contributed by atoms with Gasteiger partial charge in [0.2, 0.25) is 0 Å². The Bertz CT molecular complexity index is 611. The second-order valence-corrected chi connectivity index (χ2v) is 7.31. The summed E-state index contributed by atoms with van der Waals surface area (Å²) in [7, 11) is -2.06. The minimum atomic E-state index is -1.03. The standard InChI is InChI=1S/C16H18O3S2/c1-20(17)15-9-5-3-7-13(15)11-19-12-14-8-4-6-10-16(14)21(2)18/h3-10H,11-12H2,1-2H3. The molecule has 2 rings (SSSR count). The van der Waals surface area contributed by atoms with Gasteiger partial charge in [0.25, 0.3) is 0 Å². The molecule has 0 radical (unpaired) electrons. The van der Waals surface area contributed by atoms with Gasteiger partial charge in [-0.3, -0.25) is 8.42 Å². The minimum absolute atomic E-state index is 0.389. The van der Waals surface area contributed by atoms with E-state index in [-0.39, 0.29) is 0 Å². The summed E-state index contributed by atoms with van der Waals surface area (Å²) in [6.45, 7) is 0.779. The van der Waals surface area contributed by atoms with Crippen molar-refractivity contribution < 1.29 is 13.2 Å². The summed E-state index contributed by atoms with van der Waals surface area (Å²) in [5, 5.41) is 0. The first-order valence-electron chi connectivity index (χ1n) is 6.50. The zero-order chi connectivity index (χ0) is 15.2. The topological polar surface area (TPSA) is 43.4 Å². The van der Waals surface area contributed by atoms with Gasteiger partial charge in [0.1, 0.15) is 0 Å². The van der Waals surface area contributed by atoms with Crippen molar-refractivity contribution in [3.05, 3.63) is 59.7 Å². The lowest BCUT2D eigenvalue weighted by Crippen LogP contribution is -2.02. The third-order valence-corrected chi connectivity index (χ3v) is 5.12. The highest BCUT2D eigenvalue weighted by Crippen LogP contribution is 2.17. The van der Waals surface area contributed by atoms with Crippen LogP contribution in [0.4, 0.5) is 0 Å². The fourth-order valence-electron chi connectivity index (χ4n) is 2.08. The second kappa shape index (κ2) is 7.64. The van der Waals surface area contributed by atoms with Gasteiger partial charge in [-0.05, 0) is 23.3 Å². The molecule has 2 aromatic carbocycles. The molecular weight excluding hydrogens is 304 g/mol. The highest BCUT2D eigenvalue weighted by Gasteiger charge is 2.08. The van der Waals surface area contributed by atoms with Crippen LogP contribution in [-0.4, -0.2) is 20.9 Å². The second-order valence-electron chi connectivity index (χ2n) is 4.62. The van der Waals surface area contributed by atoms with Gasteiger partial charge in [0.05, 0.1) is 34.8 Å². The zero-order valence-corrected chi connectivity index (χ0v) is 13.7. The summed E-state index contributed by atoms with van der Waals surface area (Å²) in [5.41, 5.74) is 1.85. The van der Waals surface area contributed by atoms with Crippen LogP contribution in [0.15, 0.2) is 58.3 Å². The monoisotopic (exact) mass is 322 g/mol. The van der Waals surface area contributed by atoms with E-state index in [1.54, 1.807) is 12.5 Å². The molecule has 0 amide bonds. The van der Waals surface area contributed by atoms with Crippen LogP contribution >= 0.6 is 0 Å². The minimum Gasteiger partial charge on any atom is -0.372 e. The molecule has 0 aliphatic rings. The Hall–Kier alpha value is -1.30. The van der Waals surface area contributed by atoms with Gasteiger partial charge < -0.3 is 4.74 Å². The molecule has 0 aliphatic carbocycles. The van der Waals surface area contributed by atoms with Gasteiger partial charge in [-0.25, -0.2) is 0 Å². The first kappa shape index (κ1) is 16.1. The normalized spacial score (nSPS) is 13.8. The molecule has 2 unspecified atom stereocenters. The molecule has 112 valence electrons. The highest BCUT2D eigenvalue weighted by atomic mass is 32.2. The summed E-state index contributed by atoms with van der Waals surface area (Å²) in [5.74, 6) is 0. The Labute approximate surface area is 130 Å². The average Bonchev–Trinajstić information content (AvgIpc) is 2.48. The number of rotatable bonds is 6. The van der Waals surface area contributed by atoms with Gasteiger partial charge in [0, 0.05) is 22.3 Å². The van der Waals surface area contributed by atoms with Crippen LogP contribution in [0.25, 0.3) is 0 Å². The Morgan fingerprint density at radius 1 is 0.762 bits per heavy atom. The maximum Gasteiger partial charge on any atom is 0.0733 e. The van der Waals surface area contributed by atoms with Gasteiger partial charge in [-0.15, -0.1) is 0 Å². The van der Waals surface area contributed by atoms with E-state index in [4.69, 9.17) is 4.74 Å². The molecule has 0 saturated heterocycles. The van der Waals surface area contributed by atoms with E-state index < -0.39 is 21.6 Å². The van der Waals surface area contributed by atoms with E-state index in [0.29, 0.717) is 13.2 Å². The largest absolute Gasteiger partial charge is 0.372 e. The Balaban J connectivity index is 2.06. The SMILES string of the molecule is CS(=O)c1ccccc1COCc1ccccc1S(C)=O. The molecule has 0 heterocycles. The van der Waals surface area contributed by atoms with Crippen molar-refractivity contribution in [2.75, 3.05) is 12.5 Å². The predicted octanol–water partition coefficient (Wildman–Crippen LogP) is 2.88. The van der Waals surface area contributed by atoms with Crippen molar-refractivity contribution in [3.63, 3.8) is 0 Å². The quantitative estimate of drug-likeness (QED) is 0.821. The Morgan fingerprint density at radius 3 is 1.52 bits per heavy atom. The first-order valence-corrected chi connectivity index (χ1v) is 9.61. The van der Waals surface area contributed by atoms with Crippen LogP contribution in [-0.2, 0) is 39.5 Å². The molecule has 0 aromatic heterocycles. The smallest absolute Gasteiger partial charge is 0.0733 e. The van der Waals surface area contributed by atoms with Crippen molar-refractivity contribution in [1.82, 2.24) is 0 Å². The van der Waals surface area contributed by atoms with E-state index in [0.717, 1.165) is 20.9 Å². The summed E-state index contributed by atoms with van der Waals surface area (Å²) in [6.07, 6.45) is 3.32. The molecule has 3 nitrogen and oxygen atoms in total. The Kier molecular flexibility index (Phi) is 5.85. The molecule has 0 spiro atoms. The number of ether oxygens (including phenoxy) is 1. The van der Waals surface area contributed by atoms with Crippen molar-refractivity contribution in [3.8, 4) is 0 Å². The van der Waals surface area contributed by atoms with E-state index in [9.17, 15) is 8.42 Å². The van der Waals surface area contributed by atoms with Gasteiger partial charge in [-0.1, -0.05) is 36.4 Å². The van der Waals surface area contributed by atoms with Crippen LogP contribution in [0.1, 0.15) is 11.1 Å². The molecule has 5 heteroatoms. The van der Waals surface area contributed by atoms with Crippen LogP contribution in [0, 0.1) is 0 Å². The fraction of sp³-hybridized carbons (Fsp3) is 0.250. The molecule has 0 aliphatic heterocycles. The lowest BCUT2D eigenvalue weighted by molar-refractivity contribution is 0.104. The van der Waals surface area contributed by atoms with E-state index in [2.05, 4.69) is 0 Å². The van der Waals surface area contributed by atoms with Crippen LogP contribution in [0.3, 0.4) is 0 Å². The van der Waals surface area contributed by atoms with E-state index in [1.807, 2.05) is 48.5 Å². The molecule has 2 atom stereocenters. The maximum absolute atomic E-state index is 11.7. The highest BCUT2D eigenvalue weighted by molar-refractivity contribution is 7.84. The number of hydrogen-bond acceptors (Lipinski definition) is 3. The van der Waals surface area contributed by atoms with Crippen LogP contribution in [0.2, 0.25) is 0 Å². The van der Waals surface area contributed by atoms with Gasteiger partial charge >= 0.3 is 0 Å². The van der Waals surface area contributed by atoms with E-state index in [1.165, 1.54) is 0 Å². The number of hydrogen-bond donors (Lipinski definition) is 0. The average molecular weight is 322 g/mol. The summed E-state index contributed by atoms with van der Waals surface area (Å²) in [4.78, 5) is 1.59. The summed E-state index contributed by atoms with van der Waals surface area (Å²) < 4.78 is 29.0. The molecule has 0 fully saturated rings. The molecule has 0 saturated carbocycles. The number of benzene rings is 2. The van der Waals surface area contributed by atoms with Crippen molar-refractivity contribution in [2.45, 2.75) is 23.0 Å². The molecular formula is C16H18O3S2. The van der Waals surface area contributed by atoms with E-state index >= 15 is 0 Å². The summed E-state index contributed by atoms with van der Waals surface area (Å²) in [6, 6.07) is 15.1. The molecule has 21 heavy (non-hydrogen) atoms. The van der Waals surface area contributed by atoms with Gasteiger partial charge in [-0.2, -0.15) is 0 Å². The summed E-state index contributed by atoms with van der Waals surface area (Å²) >= 11 is 0. The third-order valence-electron chi connectivity index (χ3n) is 3.08. The van der Waals surface area contributed by atoms with Crippen molar-refractivity contribution in [1.29, 1.82) is 0 Å².